The molecule has 1 unspecified atom stereocenters. The topological polar surface area (TPSA) is 57.6 Å². The van der Waals surface area contributed by atoms with Gasteiger partial charge >= 0.3 is 0 Å². The Kier molecular flexibility index (Phi) is 5.78. The maximum absolute atomic E-state index is 14.8. The van der Waals surface area contributed by atoms with E-state index in [-0.39, 0.29) is 22.9 Å². The Morgan fingerprint density at radius 2 is 1.80 bits per heavy atom. The Labute approximate surface area is 183 Å². The summed E-state index contributed by atoms with van der Waals surface area (Å²) in [6, 6.07) is 10.3. The van der Waals surface area contributed by atoms with Gasteiger partial charge in [-0.15, -0.1) is 0 Å². The number of nitrogens with zero attached hydrogens (tertiary/aromatic N) is 1. The summed E-state index contributed by atoms with van der Waals surface area (Å²) in [7, 11) is 0. The molecule has 0 spiro atoms. The van der Waals surface area contributed by atoms with Crippen LogP contribution in [0.2, 0.25) is 0 Å². The lowest BCUT2D eigenvalue weighted by molar-refractivity contribution is -0.141. The predicted octanol–water partition coefficient (Wildman–Crippen LogP) is 5.65. The summed E-state index contributed by atoms with van der Waals surface area (Å²) in [4.78, 5) is 27.7. The molecule has 0 aromatic heterocycles. The van der Waals surface area contributed by atoms with E-state index in [4.69, 9.17) is 0 Å². The van der Waals surface area contributed by atoms with E-state index in [1.165, 1.54) is 11.0 Å². The number of likely N-dealkylation sites (tertiary alicyclic amines) is 1. The van der Waals surface area contributed by atoms with Gasteiger partial charge in [-0.25, -0.2) is 4.39 Å². The maximum atomic E-state index is 14.8. The number of halogens is 2. The normalized spacial score (nSPS) is 22.0. The van der Waals surface area contributed by atoms with Crippen LogP contribution in [-0.2, 0) is 9.59 Å². The average Bonchev–Trinajstić information content (AvgIpc) is 3.01. The van der Waals surface area contributed by atoms with Crippen molar-refractivity contribution in [1.29, 1.82) is 0 Å². The van der Waals surface area contributed by atoms with Crippen molar-refractivity contribution >= 4 is 33.4 Å². The molecule has 1 N–H and O–H groups in total. The lowest BCUT2D eigenvalue weighted by atomic mass is 9.90. The molecule has 4 nitrogen and oxygen atoms in total. The number of aliphatic hydroxyl groups excluding tert-OH is 1. The van der Waals surface area contributed by atoms with Gasteiger partial charge < -0.3 is 10.0 Å². The van der Waals surface area contributed by atoms with E-state index >= 15 is 0 Å². The van der Waals surface area contributed by atoms with Crippen LogP contribution in [0.1, 0.15) is 54.8 Å². The van der Waals surface area contributed by atoms with E-state index in [0.717, 1.165) is 42.1 Å². The third kappa shape index (κ3) is 3.58. The molecule has 2 aliphatic rings. The first-order chi connectivity index (χ1) is 14.4. The van der Waals surface area contributed by atoms with E-state index in [0.29, 0.717) is 5.56 Å². The first-order valence-electron chi connectivity index (χ1n) is 10.2. The van der Waals surface area contributed by atoms with Crippen LogP contribution in [0, 0.1) is 12.7 Å². The third-order valence-corrected chi connectivity index (χ3v) is 6.97. The fraction of sp³-hybridized carbons (Fsp3) is 0.333. The van der Waals surface area contributed by atoms with Gasteiger partial charge in [0, 0.05) is 21.6 Å². The van der Waals surface area contributed by atoms with Gasteiger partial charge in [0.1, 0.15) is 11.6 Å². The second-order valence-corrected chi connectivity index (χ2v) is 8.84. The predicted molar refractivity (Wildman–Crippen MR) is 116 cm³/mol. The van der Waals surface area contributed by atoms with Crippen molar-refractivity contribution < 1.29 is 19.1 Å². The zero-order valence-electron chi connectivity index (χ0n) is 16.7. The Balaban J connectivity index is 1.90. The van der Waals surface area contributed by atoms with Gasteiger partial charge in [0.15, 0.2) is 0 Å². The fourth-order valence-corrected chi connectivity index (χ4v) is 4.78. The number of aryl methyl sites for hydroxylation is 1. The molecule has 30 heavy (non-hydrogen) atoms. The van der Waals surface area contributed by atoms with Crippen LogP contribution in [-0.4, -0.2) is 27.7 Å². The number of benzene rings is 2. The monoisotopic (exact) mass is 471 g/mol. The van der Waals surface area contributed by atoms with Crippen LogP contribution >= 0.6 is 15.9 Å². The van der Waals surface area contributed by atoms with Gasteiger partial charge in [-0.05, 0) is 43.5 Å². The molecule has 2 fully saturated rings. The zero-order chi connectivity index (χ0) is 21.4. The quantitative estimate of drug-likeness (QED) is 0.357. The zero-order valence-corrected chi connectivity index (χ0v) is 18.3. The average molecular weight is 472 g/mol. The molecule has 1 amide bonds. The minimum Gasteiger partial charge on any atom is -0.507 e. The van der Waals surface area contributed by atoms with Crippen molar-refractivity contribution in [2.24, 2.45) is 0 Å². The van der Waals surface area contributed by atoms with Crippen molar-refractivity contribution in [3.63, 3.8) is 0 Å². The van der Waals surface area contributed by atoms with Gasteiger partial charge in [0.2, 0.25) is 0 Å². The highest BCUT2D eigenvalue weighted by Crippen LogP contribution is 2.43. The molecule has 156 valence electrons. The molecule has 0 radical (unpaired) electrons. The van der Waals surface area contributed by atoms with Crippen molar-refractivity contribution in [1.82, 2.24) is 4.90 Å². The highest BCUT2D eigenvalue weighted by atomic mass is 79.9. The summed E-state index contributed by atoms with van der Waals surface area (Å²) < 4.78 is 15.7. The smallest absolute Gasteiger partial charge is 0.295 e. The molecular formula is C24H23BrFNO3. The molecule has 1 saturated carbocycles. The highest BCUT2D eigenvalue weighted by molar-refractivity contribution is 9.10. The third-order valence-electron chi connectivity index (χ3n) is 6.08. The van der Waals surface area contributed by atoms with E-state index < -0.39 is 23.5 Å². The van der Waals surface area contributed by atoms with Gasteiger partial charge in [-0.2, -0.15) is 0 Å². The molecule has 1 saturated heterocycles. The van der Waals surface area contributed by atoms with Gasteiger partial charge in [-0.1, -0.05) is 59.5 Å². The first-order valence-corrected chi connectivity index (χ1v) is 11.0. The largest absolute Gasteiger partial charge is 0.507 e. The van der Waals surface area contributed by atoms with Crippen molar-refractivity contribution in [3.8, 4) is 0 Å². The fourth-order valence-electron chi connectivity index (χ4n) is 4.54. The number of carbonyl (C=O) groups excluding carboxylic acids is 2. The minimum absolute atomic E-state index is 0.0441. The number of rotatable bonds is 3. The van der Waals surface area contributed by atoms with Gasteiger partial charge in [0.05, 0.1) is 11.6 Å². The SMILES string of the molecule is Cc1cc(/C(O)=C2\C(=O)C(=O)N(C3CCCCC3)C2c2ccccc2F)ccc1Br. The molecule has 1 aliphatic carbocycles. The number of amides is 1. The Morgan fingerprint density at radius 1 is 1.10 bits per heavy atom. The lowest BCUT2D eigenvalue weighted by Crippen LogP contribution is -2.40. The summed E-state index contributed by atoms with van der Waals surface area (Å²) in [5, 5.41) is 11.1. The number of hydrogen-bond acceptors (Lipinski definition) is 3. The maximum Gasteiger partial charge on any atom is 0.295 e. The minimum atomic E-state index is -0.932. The summed E-state index contributed by atoms with van der Waals surface area (Å²) in [6.07, 6.45) is 4.56. The Morgan fingerprint density at radius 3 is 2.47 bits per heavy atom. The molecule has 0 bridgehead atoms. The van der Waals surface area contributed by atoms with Crippen molar-refractivity contribution in [3.05, 3.63) is 75.0 Å². The van der Waals surface area contributed by atoms with E-state index in [2.05, 4.69) is 15.9 Å². The summed E-state index contributed by atoms with van der Waals surface area (Å²) >= 11 is 3.43. The highest BCUT2D eigenvalue weighted by Gasteiger charge is 2.49. The van der Waals surface area contributed by atoms with Crippen molar-refractivity contribution in [2.75, 3.05) is 0 Å². The van der Waals surface area contributed by atoms with E-state index in [1.807, 2.05) is 6.92 Å². The van der Waals surface area contributed by atoms with Crippen LogP contribution in [0.3, 0.4) is 0 Å². The standard InChI is InChI=1S/C24H23BrFNO3/c1-14-13-15(11-12-18(14)25)22(28)20-21(17-9-5-6-10-19(17)26)27(24(30)23(20)29)16-7-3-2-4-8-16/h5-6,9-13,16,21,28H,2-4,7-8H2,1H3/b22-20+. The number of Topliss-reactive ketones (excluding diaryl/α,β-unsaturated/α-hetero) is 1. The number of ketones is 1. The lowest BCUT2D eigenvalue weighted by Gasteiger charge is -2.35. The van der Waals surface area contributed by atoms with Crippen LogP contribution in [0.25, 0.3) is 5.76 Å². The molecule has 1 atom stereocenters. The molecule has 2 aromatic rings. The second kappa shape index (κ2) is 8.34. The van der Waals surface area contributed by atoms with Crippen LogP contribution in [0.5, 0.6) is 0 Å². The molecule has 2 aromatic carbocycles. The summed E-state index contributed by atoms with van der Waals surface area (Å²) in [6.45, 7) is 1.87. The van der Waals surface area contributed by atoms with Crippen LogP contribution < -0.4 is 0 Å². The molecule has 1 heterocycles. The summed E-state index contributed by atoms with van der Waals surface area (Å²) in [5.41, 5.74) is 1.50. The van der Waals surface area contributed by atoms with Gasteiger partial charge in [-0.3, -0.25) is 9.59 Å². The Bertz CT molecular complexity index is 1040. The van der Waals surface area contributed by atoms with Crippen LogP contribution in [0.4, 0.5) is 4.39 Å². The number of aliphatic hydroxyl groups is 1. The van der Waals surface area contributed by atoms with Crippen LogP contribution in [0.15, 0.2) is 52.5 Å². The van der Waals surface area contributed by atoms with Gasteiger partial charge in [0.25, 0.3) is 11.7 Å². The second-order valence-electron chi connectivity index (χ2n) is 7.98. The molecule has 4 rings (SSSR count). The van der Waals surface area contributed by atoms with Crippen molar-refractivity contribution in [2.45, 2.75) is 51.1 Å². The molecule has 6 heteroatoms. The number of carbonyl (C=O) groups is 2. The summed E-state index contributed by atoms with van der Waals surface area (Å²) in [5.74, 6) is -2.18. The number of hydrogen-bond donors (Lipinski definition) is 1. The molecule has 1 aliphatic heterocycles. The Hall–Kier alpha value is -2.47. The van der Waals surface area contributed by atoms with E-state index in [1.54, 1.807) is 36.4 Å². The van der Waals surface area contributed by atoms with E-state index in [9.17, 15) is 19.1 Å². The molecular weight excluding hydrogens is 449 g/mol. The first kappa shape index (κ1) is 20.8.